The number of benzene rings is 1. The fourth-order valence-corrected chi connectivity index (χ4v) is 1.92. The van der Waals surface area contributed by atoms with Crippen LogP contribution in [0.15, 0.2) is 41.2 Å². The second kappa shape index (κ2) is 5.18. The molecule has 0 atom stereocenters. The first-order valence-corrected chi connectivity index (χ1v) is 6.21. The van der Waals surface area contributed by atoms with E-state index < -0.39 is 0 Å². The molecule has 0 saturated heterocycles. The van der Waals surface area contributed by atoms with Crippen molar-refractivity contribution in [3.05, 3.63) is 46.8 Å². The summed E-state index contributed by atoms with van der Waals surface area (Å²) < 4.78 is 7.14. The van der Waals surface area contributed by atoms with Crippen molar-refractivity contribution in [2.24, 2.45) is 7.05 Å². The SMILES string of the molecule is CC(C)Oc1ccc(-c2ccc(N)c(=O)n2C)cc1. The van der Waals surface area contributed by atoms with Gasteiger partial charge >= 0.3 is 0 Å². The number of hydrogen-bond donors (Lipinski definition) is 1. The van der Waals surface area contributed by atoms with Crippen LogP contribution in [0.3, 0.4) is 0 Å². The normalized spacial score (nSPS) is 10.7. The van der Waals surface area contributed by atoms with Crippen LogP contribution in [0, 0.1) is 0 Å². The first-order valence-electron chi connectivity index (χ1n) is 6.21. The third-order valence-electron chi connectivity index (χ3n) is 2.86. The van der Waals surface area contributed by atoms with Gasteiger partial charge in [0, 0.05) is 7.05 Å². The molecule has 0 fully saturated rings. The molecular weight excluding hydrogens is 240 g/mol. The number of hydrogen-bond acceptors (Lipinski definition) is 3. The van der Waals surface area contributed by atoms with Gasteiger partial charge in [0.15, 0.2) is 0 Å². The maximum Gasteiger partial charge on any atom is 0.273 e. The molecule has 0 amide bonds. The van der Waals surface area contributed by atoms with E-state index in [0.717, 1.165) is 17.0 Å². The zero-order chi connectivity index (χ0) is 14.0. The van der Waals surface area contributed by atoms with Crippen LogP contribution in [0.1, 0.15) is 13.8 Å². The summed E-state index contributed by atoms with van der Waals surface area (Å²) in [6.45, 7) is 3.97. The molecule has 100 valence electrons. The fourth-order valence-electron chi connectivity index (χ4n) is 1.92. The van der Waals surface area contributed by atoms with Gasteiger partial charge in [-0.2, -0.15) is 0 Å². The van der Waals surface area contributed by atoms with Crippen LogP contribution in [0.25, 0.3) is 11.3 Å². The maximum atomic E-state index is 11.8. The quantitative estimate of drug-likeness (QED) is 0.919. The van der Waals surface area contributed by atoms with Crippen LogP contribution in [-0.2, 0) is 7.05 Å². The first-order chi connectivity index (χ1) is 8.99. The molecular formula is C15H18N2O2. The topological polar surface area (TPSA) is 57.2 Å². The fraction of sp³-hybridized carbons (Fsp3) is 0.267. The van der Waals surface area contributed by atoms with E-state index in [-0.39, 0.29) is 17.4 Å². The standard InChI is InChI=1S/C15H18N2O2/c1-10(2)19-12-6-4-11(5-7-12)14-9-8-13(16)15(18)17(14)3/h4-10H,16H2,1-3H3. The summed E-state index contributed by atoms with van der Waals surface area (Å²) >= 11 is 0. The minimum atomic E-state index is -0.181. The number of rotatable bonds is 3. The number of aromatic nitrogens is 1. The Hall–Kier alpha value is -2.23. The van der Waals surface area contributed by atoms with Gasteiger partial charge in [0.05, 0.1) is 17.5 Å². The van der Waals surface area contributed by atoms with Crippen molar-refractivity contribution < 1.29 is 4.74 Å². The highest BCUT2D eigenvalue weighted by atomic mass is 16.5. The Balaban J connectivity index is 2.38. The van der Waals surface area contributed by atoms with Gasteiger partial charge in [-0.25, -0.2) is 0 Å². The van der Waals surface area contributed by atoms with Gasteiger partial charge in [-0.3, -0.25) is 4.79 Å². The zero-order valence-electron chi connectivity index (χ0n) is 11.4. The molecule has 19 heavy (non-hydrogen) atoms. The van der Waals surface area contributed by atoms with Crippen LogP contribution >= 0.6 is 0 Å². The second-order valence-electron chi connectivity index (χ2n) is 4.73. The van der Waals surface area contributed by atoms with E-state index in [1.54, 1.807) is 17.7 Å². The van der Waals surface area contributed by atoms with Crippen molar-refractivity contribution in [3.8, 4) is 17.0 Å². The number of pyridine rings is 1. The lowest BCUT2D eigenvalue weighted by Crippen LogP contribution is -2.21. The second-order valence-corrected chi connectivity index (χ2v) is 4.73. The van der Waals surface area contributed by atoms with Crippen molar-refractivity contribution >= 4 is 5.69 Å². The molecule has 1 heterocycles. The van der Waals surface area contributed by atoms with Gasteiger partial charge in [-0.15, -0.1) is 0 Å². The highest BCUT2D eigenvalue weighted by molar-refractivity contribution is 5.62. The first kappa shape index (κ1) is 13.2. The summed E-state index contributed by atoms with van der Waals surface area (Å²) in [6.07, 6.45) is 0.145. The largest absolute Gasteiger partial charge is 0.491 e. The van der Waals surface area contributed by atoms with Crippen molar-refractivity contribution in [1.82, 2.24) is 4.57 Å². The molecule has 0 aliphatic heterocycles. The predicted octanol–water partition coefficient (Wildman–Crippen LogP) is 2.42. The maximum absolute atomic E-state index is 11.8. The zero-order valence-corrected chi connectivity index (χ0v) is 11.4. The lowest BCUT2D eigenvalue weighted by Gasteiger charge is -2.12. The van der Waals surface area contributed by atoms with Crippen LogP contribution in [0.4, 0.5) is 5.69 Å². The van der Waals surface area contributed by atoms with Gasteiger partial charge in [0.25, 0.3) is 5.56 Å². The Morgan fingerprint density at radius 3 is 2.32 bits per heavy atom. The molecule has 4 nitrogen and oxygen atoms in total. The Morgan fingerprint density at radius 2 is 1.74 bits per heavy atom. The van der Waals surface area contributed by atoms with Crippen molar-refractivity contribution in [2.75, 3.05) is 5.73 Å². The van der Waals surface area contributed by atoms with Crippen molar-refractivity contribution in [2.45, 2.75) is 20.0 Å². The van der Waals surface area contributed by atoms with Gasteiger partial charge in [0.2, 0.25) is 0 Å². The average Bonchev–Trinajstić information content (AvgIpc) is 2.37. The van der Waals surface area contributed by atoms with E-state index in [2.05, 4.69) is 0 Å². The lowest BCUT2D eigenvalue weighted by molar-refractivity contribution is 0.242. The van der Waals surface area contributed by atoms with E-state index in [0.29, 0.717) is 0 Å². The molecule has 2 rings (SSSR count). The molecule has 1 aromatic carbocycles. The third-order valence-corrected chi connectivity index (χ3v) is 2.86. The smallest absolute Gasteiger partial charge is 0.273 e. The summed E-state index contributed by atoms with van der Waals surface area (Å²) in [7, 11) is 1.71. The third kappa shape index (κ3) is 2.78. The summed E-state index contributed by atoms with van der Waals surface area (Å²) in [6, 6.07) is 11.1. The molecule has 0 aliphatic rings. The molecule has 2 aromatic rings. The molecule has 0 radical (unpaired) electrons. The monoisotopic (exact) mass is 258 g/mol. The Morgan fingerprint density at radius 1 is 1.11 bits per heavy atom. The molecule has 0 aliphatic carbocycles. The highest BCUT2D eigenvalue weighted by Gasteiger charge is 2.06. The van der Waals surface area contributed by atoms with E-state index >= 15 is 0 Å². The van der Waals surface area contributed by atoms with Crippen molar-refractivity contribution in [3.63, 3.8) is 0 Å². The molecule has 0 bridgehead atoms. The summed E-state index contributed by atoms with van der Waals surface area (Å²) in [5.74, 6) is 0.819. The van der Waals surface area contributed by atoms with E-state index in [4.69, 9.17) is 10.5 Å². The van der Waals surface area contributed by atoms with Gasteiger partial charge in [-0.1, -0.05) is 0 Å². The average molecular weight is 258 g/mol. The van der Waals surface area contributed by atoms with Crippen LogP contribution in [-0.4, -0.2) is 10.7 Å². The van der Waals surface area contributed by atoms with E-state index in [9.17, 15) is 4.79 Å². The molecule has 0 spiro atoms. The lowest BCUT2D eigenvalue weighted by atomic mass is 10.1. The summed E-state index contributed by atoms with van der Waals surface area (Å²) in [5.41, 5.74) is 7.45. The Labute approximate surface area is 112 Å². The molecule has 1 aromatic heterocycles. The van der Waals surface area contributed by atoms with Gasteiger partial charge < -0.3 is 15.0 Å². The number of nitrogens with two attached hydrogens (primary N) is 1. The number of nitrogen functional groups attached to an aromatic ring is 1. The summed E-state index contributed by atoms with van der Waals surface area (Å²) in [5, 5.41) is 0. The predicted molar refractivity (Wildman–Crippen MR) is 77.3 cm³/mol. The Bertz CT molecular complexity index is 628. The molecule has 0 unspecified atom stereocenters. The van der Waals surface area contributed by atoms with Crippen LogP contribution in [0.5, 0.6) is 5.75 Å². The molecule has 0 saturated carbocycles. The van der Waals surface area contributed by atoms with Crippen LogP contribution in [0.2, 0.25) is 0 Å². The van der Waals surface area contributed by atoms with E-state index in [1.807, 2.05) is 44.2 Å². The van der Waals surface area contributed by atoms with Gasteiger partial charge in [0.1, 0.15) is 5.75 Å². The highest BCUT2D eigenvalue weighted by Crippen LogP contribution is 2.22. The molecule has 4 heteroatoms. The van der Waals surface area contributed by atoms with Crippen molar-refractivity contribution in [1.29, 1.82) is 0 Å². The summed E-state index contributed by atoms with van der Waals surface area (Å²) in [4.78, 5) is 11.8. The number of anilines is 1. The minimum absolute atomic E-state index is 0.145. The molecule has 2 N–H and O–H groups in total. The Kier molecular flexibility index (Phi) is 3.60. The number of ether oxygens (including phenoxy) is 1. The van der Waals surface area contributed by atoms with Crippen LogP contribution < -0.4 is 16.0 Å². The minimum Gasteiger partial charge on any atom is -0.491 e. The number of nitrogens with zero attached hydrogens (tertiary/aromatic N) is 1. The van der Waals surface area contributed by atoms with E-state index in [1.165, 1.54) is 0 Å². The van der Waals surface area contributed by atoms with Gasteiger partial charge in [-0.05, 0) is 55.8 Å².